The zero-order valence-corrected chi connectivity index (χ0v) is 15.2. The van der Waals surface area contributed by atoms with Crippen LogP contribution in [0.4, 0.5) is 11.5 Å². The number of rotatable bonds is 5. The highest BCUT2D eigenvalue weighted by Gasteiger charge is 2.16. The minimum Gasteiger partial charge on any atom is -0.376 e. The molecule has 2 heterocycles. The van der Waals surface area contributed by atoms with Gasteiger partial charge in [0.25, 0.3) is 5.91 Å². The Labute approximate surface area is 152 Å². The van der Waals surface area contributed by atoms with Crippen molar-refractivity contribution in [2.75, 3.05) is 23.8 Å². The van der Waals surface area contributed by atoms with Crippen molar-refractivity contribution in [1.82, 2.24) is 4.98 Å². The highest BCUT2D eigenvalue weighted by atomic mass is 35.5. The number of aryl methyl sites for hydroxylation is 2. The minimum absolute atomic E-state index is 0.212. The minimum atomic E-state index is -0.212. The van der Waals surface area contributed by atoms with Crippen molar-refractivity contribution in [2.24, 2.45) is 0 Å². The molecule has 2 N–H and O–H groups in total. The normalized spacial score (nSPS) is 16.7. The highest BCUT2D eigenvalue weighted by molar-refractivity contribution is 6.34. The first-order valence-electron chi connectivity index (χ1n) is 8.42. The predicted molar refractivity (Wildman–Crippen MR) is 101 cm³/mol. The Morgan fingerprint density at radius 3 is 2.92 bits per heavy atom. The van der Waals surface area contributed by atoms with Gasteiger partial charge >= 0.3 is 0 Å². The fraction of sp³-hybridized carbons (Fsp3) is 0.368. The summed E-state index contributed by atoms with van der Waals surface area (Å²) in [5.74, 6) is 0.450. The number of carbonyl (C=O) groups excluding carboxylic acids is 1. The quantitative estimate of drug-likeness (QED) is 0.840. The molecule has 1 aliphatic rings. The van der Waals surface area contributed by atoms with Crippen molar-refractivity contribution < 1.29 is 9.53 Å². The van der Waals surface area contributed by atoms with Crippen LogP contribution in [0, 0.1) is 13.8 Å². The van der Waals surface area contributed by atoms with Crippen LogP contribution in [-0.2, 0) is 4.74 Å². The predicted octanol–water partition coefficient (Wildman–Crippen LogP) is 4.20. The Hall–Kier alpha value is -2.11. The van der Waals surface area contributed by atoms with Crippen LogP contribution in [0.5, 0.6) is 0 Å². The van der Waals surface area contributed by atoms with Crippen LogP contribution in [0.3, 0.4) is 0 Å². The Morgan fingerprint density at radius 1 is 1.36 bits per heavy atom. The summed E-state index contributed by atoms with van der Waals surface area (Å²) in [6.07, 6.45) is 3.99. The van der Waals surface area contributed by atoms with Crippen molar-refractivity contribution in [3.63, 3.8) is 0 Å². The number of pyridine rings is 1. The zero-order chi connectivity index (χ0) is 17.8. The molecule has 1 aromatic carbocycles. The fourth-order valence-corrected chi connectivity index (χ4v) is 3.32. The third-order valence-electron chi connectivity index (χ3n) is 4.23. The van der Waals surface area contributed by atoms with Gasteiger partial charge in [0.05, 0.1) is 16.8 Å². The van der Waals surface area contributed by atoms with Crippen LogP contribution < -0.4 is 10.6 Å². The van der Waals surface area contributed by atoms with Gasteiger partial charge in [0, 0.05) is 24.9 Å². The van der Waals surface area contributed by atoms with E-state index in [0.29, 0.717) is 28.6 Å². The molecule has 1 fully saturated rings. The molecule has 1 amide bonds. The van der Waals surface area contributed by atoms with Crippen molar-refractivity contribution in [2.45, 2.75) is 32.8 Å². The molecule has 25 heavy (non-hydrogen) atoms. The number of nitrogens with zero attached hydrogens (tertiary/aromatic N) is 1. The number of nitrogens with one attached hydrogen (secondary N) is 2. The molecule has 6 heteroatoms. The summed E-state index contributed by atoms with van der Waals surface area (Å²) < 4.78 is 5.58. The maximum Gasteiger partial charge on any atom is 0.255 e. The molecule has 1 aromatic heterocycles. The molecule has 132 valence electrons. The molecular weight excluding hydrogens is 338 g/mol. The second-order valence-electron chi connectivity index (χ2n) is 6.34. The van der Waals surface area contributed by atoms with Crippen molar-refractivity contribution in [1.29, 1.82) is 0 Å². The van der Waals surface area contributed by atoms with Crippen LogP contribution in [0.25, 0.3) is 0 Å². The van der Waals surface area contributed by atoms with E-state index >= 15 is 0 Å². The lowest BCUT2D eigenvalue weighted by Gasteiger charge is -2.13. The summed E-state index contributed by atoms with van der Waals surface area (Å²) >= 11 is 6.27. The molecule has 3 rings (SSSR count). The monoisotopic (exact) mass is 359 g/mol. The summed E-state index contributed by atoms with van der Waals surface area (Å²) in [7, 11) is 0. The molecule has 0 bridgehead atoms. The van der Waals surface area contributed by atoms with E-state index < -0.39 is 0 Å². The fourth-order valence-electron chi connectivity index (χ4n) is 2.95. The van der Waals surface area contributed by atoms with Gasteiger partial charge < -0.3 is 15.4 Å². The Morgan fingerprint density at radius 2 is 2.20 bits per heavy atom. The molecule has 5 nitrogen and oxygen atoms in total. The van der Waals surface area contributed by atoms with Gasteiger partial charge in [0.1, 0.15) is 5.82 Å². The van der Waals surface area contributed by atoms with Gasteiger partial charge in [-0.3, -0.25) is 4.79 Å². The van der Waals surface area contributed by atoms with E-state index in [1.54, 1.807) is 18.3 Å². The van der Waals surface area contributed by atoms with E-state index in [0.717, 1.165) is 30.6 Å². The third-order valence-corrected chi connectivity index (χ3v) is 4.53. The zero-order valence-electron chi connectivity index (χ0n) is 14.4. The third kappa shape index (κ3) is 4.50. The van der Waals surface area contributed by atoms with Gasteiger partial charge in [-0.1, -0.05) is 17.7 Å². The SMILES string of the molecule is Cc1cc(C)c(NC(=O)c2ccnc(NCC3CCCO3)c2)c(Cl)c1. The van der Waals surface area contributed by atoms with Crippen molar-refractivity contribution in [3.05, 3.63) is 52.2 Å². The molecule has 1 aliphatic heterocycles. The van der Waals surface area contributed by atoms with Gasteiger partial charge in [-0.05, 0) is 56.0 Å². The van der Waals surface area contributed by atoms with Crippen molar-refractivity contribution >= 4 is 29.0 Å². The number of carbonyl (C=O) groups is 1. The van der Waals surface area contributed by atoms with E-state index in [4.69, 9.17) is 16.3 Å². The summed E-state index contributed by atoms with van der Waals surface area (Å²) in [5, 5.41) is 6.67. The summed E-state index contributed by atoms with van der Waals surface area (Å²) in [5.41, 5.74) is 3.16. The number of hydrogen-bond acceptors (Lipinski definition) is 4. The second kappa shape index (κ2) is 7.85. The Kier molecular flexibility index (Phi) is 5.56. The topological polar surface area (TPSA) is 63.2 Å². The molecule has 0 spiro atoms. The van der Waals surface area contributed by atoms with Crippen LogP contribution in [-0.4, -0.2) is 30.1 Å². The molecule has 1 saturated heterocycles. The molecule has 0 saturated carbocycles. The van der Waals surface area contributed by atoms with Crippen molar-refractivity contribution in [3.8, 4) is 0 Å². The first-order valence-corrected chi connectivity index (χ1v) is 8.80. The van der Waals surface area contributed by atoms with E-state index in [1.807, 2.05) is 26.0 Å². The number of benzene rings is 1. The average Bonchev–Trinajstić information content (AvgIpc) is 3.10. The van der Waals surface area contributed by atoms with E-state index in [-0.39, 0.29) is 12.0 Å². The van der Waals surface area contributed by atoms with Crippen LogP contribution in [0.2, 0.25) is 5.02 Å². The molecular formula is C19H22ClN3O2. The summed E-state index contributed by atoms with van der Waals surface area (Å²) in [6, 6.07) is 7.25. The van der Waals surface area contributed by atoms with E-state index in [1.165, 1.54) is 0 Å². The number of anilines is 2. The van der Waals surface area contributed by atoms with Crippen LogP contribution in [0.1, 0.15) is 34.3 Å². The lowest BCUT2D eigenvalue weighted by Crippen LogP contribution is -2.19. The maximum atomic E-state index is 12.6. The maximum absolute atomic E-state index is 12.6. The van der Waals surface area contributed by atoms with Gasteiger partial charge in [0.2, 0.25) is 0 Å². The lowest BCUT2D eigenvalue weighted by atomic mass is 10.1. The van der Waals surface area contributed by atoms with Crippen LogP contribution >= 0.6 is 11.6 Å². The first kappa shape index (κ1) is 17.7. The Balaban J connectivity index is 1.69. The number of ether oxygens (including phenoxy) is 1. The first-order chi connectivity index (χ1) is 12.0. The Bertz CT molecular complexity index is 750. The number of halogens is 1. The number of amides is 1. The molecule has 1 unspecified atom stereocenters. The smallest absolute Gasteiger partial charge is 0.255 e. The second-order valence-corrected chi connectivity index (χ2v) is 6.75. The van der Waals surface area contributed by atoms with Crippen LogP contribution in [0.15, 0.2) is 30.5 Å². The van der Waals surface area contributed by atoms with Gasteiger partial charge in [-0.2, -0.15) is 0 Å². The van der Waals surface area contributed by atoms with E-state index in [9.17, 15) is 4.79 Å². The van der Waals surface area contributed by atoms with Gasteiger partial charge in [-0.15, -0.1) is 0 Å². The van der Waals surface area contributed by atoms with Gasteiger partial charge in [-0.25, -0.2) is 4.98 Å². The summed E-state index contributed by atoms with van der Waals surface area (Å²) in [6.45, 7) is 5.41. The summed E-state index contributed by atoms with van der Waals surface area (Å²) in [4.78, 5) is 16.8. The largest absolute Gasteiger partial charge is 0.376 e. The van der Waals surface area contributed by atoms with Gasteiger partial charge in [0.15, 0.2) is 0 Å². The molecule has 0 radical (unpaired) electrons. The standard InChI is InChI=1S/C19H22ClN3O2/c1-12-8-13(2)18(16(20)9-12)23-19(24)14-5-6-21-17(10-14)22-11-15-4-3-7-25-15/h5-6,8-10,15H,3-4,7,11H2,1-2H3,(H,21,22)(H,23,24). The number of aromatic nitrogens is 1. The van der Waals surface area contributed by atoms with E-state index in [2.05, 4.69) is 15.6 Å². The number of hydrogen-bond donors (Lipinski definition) is 2. The molecule has 1 atom stereocenters. The molecule has 0 aliphatic carbocycles. The lowest BCUT2D eigenvalue weighted by molar-refractivity contribution is 0.102. The average molecular weight is 360 g/mol. The highest BCUT2D eigenvalue weighted by Crippen LogP contribution is 2.28. The molecule has 2 aromatic rings.